The van der Waals surface area contributed by atoms with Crippen LogP contribution in [-0.2, 0) is 4.79 Å². The first-order chi connectivity index (χ1) is 11.6. The average molecular weight is 330 g/mol. The first-order valence-corrected chi connectivity index (χ1v) is 9.36. The number of nitrogens with two attached hydrogens (primary N) is 1. The van der Waals surface area contributed by atoms with Gasteiger partial charge in [-0.3, -0.25) is 4.79 Å². The Balaban J connectivity index is 1.53. The molecule has 0 bridgehead atoms. The lowest BCUT2D eigenvalue weighted by atomic mass is 9.93. The van der Waals surface area contributed by atoms with Gasteiger partial charge in [-0.25, -0.2) is 4.98 Å². The Morgan fingerprint density at radius 3 is 2.62 bits per heavy atom. The van der Waals surface area contributed by atoms with Crippen LogP contribution >= 0.6 is 0 Å². The molecule has 24 heavy (non-hydrogen) atoms. The molecule has 2 heterocycles. The maximum absolute atomic E-state index is 12.8. The van der Waals surface area contributed by atoms with E-state index in [4.69, 9.17) is 5.73 Å². The van der Waals surface area contributed by atoms with Crippen LogP contribution in [0.25, 0.3) is 0 Å². The highest BCUT2D eigenvalue weighted by molar-refractivity contribution is 5.86. The van der Waals surface area contributed by atoms with Gasteiger partial charge in [0.05, 0.1) is 5.54 Å². The smallest absolute Gasteiger partial charge is 0.242 e. The summed E-state index contributed by atoms with van der Waals surface area (Å²) in [5.74, 6) is 1.81. The summed E-state index contributed by atoms with van der Waals surface area (Å²) < 4.78 is 0. The summed E-state index contributed by atoms with van der Waals surface area (Å²) >= 11 is 0. The second-order valence-corrected chi connectivity index (χ2v) is 7.33. The monoisotopic (exact) mass is 330 g/mol. The van der Waals surface area contributed by atoms with E-state index in [-0.39, 0.29) is 5.91 Å². The quantitative estimate of drug-likeness (QED) is 0.900. The SMILES string of the molecule is CCN(CC1CCN(c2ccccn2)CC1)C(=O)C1(N)CCCC1. The number of aromatic nitrogens is 1. The molecule has 1 aromatic heterocycles. The number of carbonyl (C=O) groups excluding carboxylic acids is 1. The maximum Gasteiger partial charge on any atom is 0.242 e. The van der Waals surface area contributed by atoms with Crippen molar-refractivity contribution in [1.82, 2.24) is 9.88 Å². The number of rotatable bonds is 5. The molecular weight excluding hydrogens is 300 g/mol. The number of anilines is 1. The third-order valence-electron chi connectivity index (χ3n) is 5.66. The molecule has 2 N–H and O–H groups in total. The molecule has 3 rings (SSSR count). The first-order valence-electron chi connectivity index (χ1n) is 9.36. The van der Waals surface area contributed by atoms with E-state index in [1.54, 1.807) is 0 Å². The minimum atomic E-state index is -0.593. The van der Waals surface area contributed by atoms with E-state index >= 15 is 0 Å². The van der Waals surface area contributed by atoms with Crippen molar-refractivity contribution in [2.45, 2.75) is 51.0 Å². The highest BCUT2D eigenvalue weighted by Gasteiger charge is 2.40. The lowest BCUT2D eigenvalue weighted by molar-refractivity contribution is -0.137. The second-order valence-electron chi connectivity index (χ2n) is 7.33. The molecule has 5 heteroatoms. The van der Waals surface area contributed by atoms with E-state index in [0.717, 1.165) is 70.5 Å². The molecule has 5 nitrogen and oxygen atoms in total. The molecule has 0 spiro atoms. The van der Waals surface area contributed by atoms with Gasteiger partial charge in [0, 0.05) is 32.4 Å². The predicted molar refractivity (Wildman–Crippen MR) is 96.8 cm³/mol. The molecule has 1 aliphatic heterocycles. The van der Waals surface area contributed by atoms with Crippen LogP contribution in [-0.4, -0.2) is 47.5 Å². The summed E-state index contributed by atoms with van der Waals surface area (Å²) in [7, 11) is 0. The van der Waals surface area contributed by atoms with Crippen molar-refractivity contribution in [2.24, 2.45) is 11.7 Å². The zero-order valence-electron chi connectivity index (χ0n) is 14.8. The Hall–Kier alpha value is -1.62. The number of pyridine rings is 1. The van der Waals surface area contributed by atoms with Crippen LogP contribution in [0.3, 0.4) is 0 Å². The second kappa shape index (κ2) is 7.51. The number of likely N-dealkylation sites (N-methyl/N-ethyl adjacent to an activating group) is 1. The minimum absolute atomic E-state index is 0.176. The zero-order chi connectivity index (χ0) is 17.0. The van der Waals surface area contributed by atoms with Crippen molar-refractivity contribution in [2.75, 3.05) is 31.1 Å². The van der Waals surface area contributed by atoms with Gasteiger partial charge >= 0.3 is 0 Å². The van der Waals surface area contributed by atoms with Crippen molar-refractivity contribution >= 4 is 11.7 Å². The van der Waals surface area contributed by atoms with Gasteiger partial charge in [0.1, 0.15) is 5.82 Å². The van der Waals surface area contributed by atoms with Gasteiger partial charge in [0.2, 0.25) is 5.91 Å². The molecule has 1 aromatic rings. The Morgan fingerprint density at radius 1 is 1.33 bits per heavy atom. The van der Waals surface area contributed by atoms with Crippen LogP contribution in [0.2, 0.25) is 0 Å². The van der Waals surface area contributed by atoms with E-state index in [9.17, 15) is 4.79 Å². The average Bonchev–Trinajstić information content (AvgIpc) is 3.08. The fourth-order valence-corrected chi connectivity index (χ4v) is 4.09. The molecule has 2 aliphatic rings. The van der Waals surface area contributed by atoms with Crippen LogP contribution in [0.5, 0.6) is 0 Å². The van der Waals surface area contributed by atoms with Gasteiger partial charge in [-0.2, -0.15) is 0 Å². The van der Waals surface area contributed by atoms with Crippen LogP contribution < -0.4 is 10.6 Å². The summed E-state index contributed by atoms with van der Waals surface area (Å²) in [5, 5.41) is 0. The molecule has 1 saturated carbocycles. The summed E-state index contributed by atoms with van der Waals surface area (Å²) in [6.45, 7) is 5.71. The lowest BCUT2D eigenvalue weighted by Crippen LogP contribution is -2.54. The lowest BCUT2D eigenvalue weighted by Gasteiger charge is -2.37. The van der Waals surface area contributed by atoms with Crippen LogP contribution in [0.1, 0.15) is 45.4 Å². The van der Waals surface area contributed by atoms with Crippen molar-refractivity contribution in [3.05, 3.63) is 24.4 Å². The summed E-state index contributed by atoms with van der Waals surface area (Å²) in [4.78, 5) is 21.6. The number of amides is 1. The Labute approximate surface area is 145 Å². The fraction of sp³-hybridized carbons (Fsp3) is 0.684. The zero-order valence-corrected chi connectivity index (χ0v) is 14.8. The van der Waals surface area contributed by atoms with Gasteiger partial charge in [0.15, 0.2) is 0 Å². The van der Waals surface area contributed by atoms with Crippen LogP contribution in [0.4, 0.5) is 5.82 Å². The van der Waals surface area contributed by atoms with E-state index in [1.165, 1.54) is 0 Å². The molecule has 0 aromatic carbocycles. The Kier molecular flexibility index (Phi) is 5.39. The minimum Gasteiger partial charge on any atom is -0.357 e. The van der Waals surface area contributed by atoms with Gasteiger partial charge in [-0.05, 0) is 50.7 Å². The molecule has 0 unspecified atom stereocenters. The maximum atomic E-state index is 12.8. The topological polar surface area (TPSA) is 62.5 Å². The van der Waals surface area contributed by atoms with E-state index in [2.05, 4.69) is 22.9 Å². The van der Waals surface area contributed by atoms with Crippen molar-refractivity contribution < 1.29 is 4.79 Å². The third kappa shape index (κ3) is 3.72. The van der Waals surface area contributed by atoms with Crippen molar-refractivity contribution in [3.63, 3.8) is 0 Å². The van der Waals surface area contributed by atoms with E-state index < -0.39 is 5.54 Å². The molecule has 1 amide bonds. The molecule has 132 valence electrons. The van der Waals surface area contributed by atoms with Gasteiger partial charge in [-0.1, -0.05) is 18.9 Å². The van der Waals surface area contributed by atoms with E-state index in [1.807, 2.05) is 23.2 Å². The normalized spacial score (nSPS) is 21.0. The van der Waals surface area contributed by atoms with Crippen LogP contribution in [0.15, 0.2) is 24.4 Å². The molecule has 0 radical (unpaired) electrons. The highest BCUT2D eigenvalue weighted by atomic mass is 16.2. The molecule has 0 atom stereocenters. The number of piperidine rings is 1. The Morgan fingerprint density at radius 2 is 2.04 bits per heavy atom. The number of hydrogen-bond acceptors (Lipinski definition) is 4. The first kappa shape index (κ1) is 17.2. The summed E-state index contributed by atoms with van der Waals surface area (Å²) in [6, 6.07) is 6.06. The number of hydrogen-bond donors (Lipinski definition) is 1. The molecular formula is C19H30N4O. The third-order valence-corrected chi connectivity index (χ3v) is 5.66. The highest BCUT2D eigenvalue weighted by Crippen LogP contribution is 2.30. The summed E-state index contributed by atoms with van der Waals surface area (Å²) in [6.07, 6.45) is 7.93. The Bertz CT molecular complexity index is 534. The van der Waals surface area contributed by atoms with Gasteiger partial charge < -0.3 is 15.5 Å². The largest absolute Gasteiger partial charge is 0.357 e. The van der Waals surface area contributed by atoms with Crippen molar-refractivity contribution in [1.29, 1.82) is 0 Å². The fourth-order valence-electron chi connectivity index (χ4n) is 4.09. The standard InChI is InChI=1S/C19H30N4O/c1-2-22(18(24)19(20)10-4-5-11-19)15-16-8-13-23(14-9-16)17-7-3-6-12-21-17/h3,6-7,12,16H,2,4-5,8-11,13-15,20H2,1H3. The number of carbonyl (C=O) groups is 1. The molecule has 2 fully saturated rings. The van der Waals surface area contributed by atoms with Crippen LogP contribution in [0, 0.1) is 5.92 Å². The predicted octanol–water partition coefficient (Wildman–Crippen LogP) is 2.42. The van der Waals surface area contributed by atoms with E-state index in [0.29, 0.717) is 5.92 Å². The molecule has 1 saturated heterocycles. The summed E-state index contributed by atoms with van der Waals surface area (Å²) in [5.41, 5.74) is 5.78. The van der Waals surface area contributed by atoms with Gasteiger partial charge in [0.25, 0.3) is 0 Å². The van der Waals surface area contributed by atoms with Gasteiger partial charge in [-0.15, -0.1) is 0 Å². The van der Waals surface area contributed by atoms with Crippen molar-refractivity contribution in [3.8, 4) is 0 Å². The number of nitrogens with zero attached hydrogens (tertiary/aromatic N) is 3. The molecule has 1 aliphatic carbocycles.